The molecule has 1 fully saturated rings. The molecule has 24 heavy (non-hydrogen) atoms. The minimum atomic E-state index is -1.36. The van der Waals surface area contributed by atoms with Crippen LogP contribution in [-0.4, -0.2) is 30.2 Å². The standard InChI is InChI=1S/C19H18O5/c1-11(2)24-14-10-13-16(18(21)19(13)22-8-9-23-19)17(20)15(14)12-6-4-3-5-7-12/h3-7,10-11,20H,8-9H2,1-2H3. The average Bonchev–Trinajstić information content (AvgIpc) is 3.07. The Morgan fingerprint density at radius 3 is 2.42 bits per heavy atom. The van der Waals surface area contributed by atoms with Crippen LogP contribution in [0.15, 0.2) is 36.4 Å². The third kappa shape index (κ3) is 1.98. The van der Waals surface area contributed by atoms with E-state index in [9.17, 15) is 9.90 Å². The van der Waals surface area contributed by atoms with Gasteiger partial charge in [0.25, 0.3) is 5.79 Å². The Bertz CT molecular complexity index is 804. The largest absolute Gasteiger partial charge is 0.506 e. The van der Waals surface area contributed by atoms with Crippen molar-refractivity contribution in [3.05, 3.63) is 47.5 Å². The molecule has 0 aromatic heterocycles. The number of ether oxygens (including phenoxy) is 3. The van der Waals surface area contributed by atoms with Crippen molar-refractivity contribution in [1.29, 1.82) is 0 Å². The fourth-order valence-corrected chi connectivity index (χ4v) is 3.29. The molecule has 1 heterocycles. The molecule has 0 unspecified atom stereocenters. The lowest BCUT2D eigenvalue weighted by molar-refractivity contribution is -0.137. The zero-order chi connectivity index (χ0) is 16.9. The van der Waals surface area contributed by atoms with Gasteiger partial charge < -0.3 is 19.3 Å². The second-order valence-electron chi connectivity index (χ2n) is 6.20. The number of carbonyl (C=O) groups is 1. The van der Waals surface area contributed by atoms with Crippen LogP contribution in [0.1, 0.15) is 29.8 Å². The lowest BCUT2D eigenvalue weighted by Crippen LogP contribution is -2.47. The Morgan fingerprint density at radius 1 is 1.12 bits per heavy atom. The number of carbonyl (C=O) groups excluding carboxylic acids is 1. The van der Waals surface area contributed by atoms with Gasteiger partial charge in [-0.05, 0) is 25.5 Å². The molecule has 0 amide bonds. The van der Waals surface area contributed by atoms with Gasteiger partial charge in [-0.1, -0.05) is 30.3 Å². The second-order valence-corrected chi connectivity index (χ2v) is 6.20. The Morgan fingerprint density at radius 2 is 1.79 bits per heavy atom. The van der Waals surface area contributed by atoms with Crippen LogP contribution < -0.4 is 4.74 Å². The highest BCUT2D eigenvalue weighted by atomic mass is 16.7. The first kappa shape index (κ1) is 15.2. The predicted octanol–water partition coefficient (Wildman–Crippen LogP) is 3.24. The molecule has 1 spiro atoms. The van der Waals surface area contributed by atoms with E-state index in [0.29, 0.717) is 30.1 Å². The van der Waals surface area contributed by atoms with Crippen LogP contribution in [0.3, 0.4) is 0 Å². The van der Waals surface area contributed by atoms with Gasteiger partial charge in [0.05, 0.1) is 30.4 Å². The van der Waals surface area contributed by atoms with Crippen molar-refractivity contribution in [1.82, 2.24) is 0 Å². The summed E-state index contributed by atoms with van der Waals surface area (Å²) in [5.41, 5.74) is 2.10. The van der Waals surface area contributed by atoms with E-state index < -0.39 is 5.79 Å². The van der Waals surface area contributed by atoms with Crippen LogP contribution in [0.25, 0.3) is 11.1 Å². The first-order valence-corrected chi connectivity index (χ1v) is 8.00. The third-order valence-corrected chi connectivity index (χ3v) is 4.26. The highest BCUT2D eigenvalue weighted by Crippen LogP contribution is 2.54. The Balaban J connectivity index is 1.93. The molecule has 1 saturated heterocycles. The minimum absolute atomic E-state index is 0.0796. The van der Waals surface area contributed by atoms with Gasteiger partial charge >= 0.3 is 0 Å². The number of hydrogen-bond acceptors (Lipinski definition) is 5. The van der Waals surface area contributed by atoms with E-state index in [0.717, 1.165) is 5.56 Å². The second kappa shape index (κ2) is 5.33. The quantitative estimate of drug-likeness (QED) is 0.938. The van der Waals surface area contributed by atoms with Gasteiger partial charge in [0.15, 0.2) is 0 Å². The molecular weight excluding hydrogens is 308 g/mol. The topological polar surface area (TPSA) is 65.0 Å². The summed E-state index contributed by atoms with van der Waals surface area (Å²) < 4.78 is 17.0. The minimum Gasteiger partial charge on any atom is -0.506 e. The molecule has 2 aliphatic rings. The molecule has 0 atom stereocenters. The fraction of sp³-hybridized carbons (Fsp3) is 0.316. The Labute approximate surface area is 139 Å². The first-order chi connectivity index (χ1) is 11.5. The number of Topliss-reactive ketones (excluding diaryl/α,β-unsaturated/α-hetero) is 1. The summed E-state index contributed by atoms with van der Waals surface area (Å²) in [5.74, 6) is -1.26. The van der Waals surface area contributed by atoms with Gasteiger partial charge in [0, 0.05) is 5.56 Å². The molecule has 1 aliphatic heterocycles. The molecule has 1 aliphatic carbocycles. The molecule has 4 rings (SSSR count). The molecule has 2 aromatic carbocycles. The van der Waals surface area contributed by atoms with E-state index in [1.165, 1.54) is 0 Å². The number of phenols is 1. The van der Waals surface area contributed by atoms with Crippen LogP contribution in [0, 0.1) is 0 Å². The van der Waals surface area contributed by atoms with E-state index in [-0.39, 0.29) is 23.2 Å². The smallest absolute Gasteiger partial charge is 0.262 e. The molecule has 124 valence electrons. The Hall–Kier alpha value is -2.37. The summed E-state index contributed by atoms with van der Waals surface area (Å²) in [4.78, 5) is 12.6. The predicted molar refractivity (Wildman–Crippen MR) is 87.2 cm³/mol. The van der Waals surface area contributed by atoms with Crippen molar-refractivity contribution in [2.75, 3.05) is 13.2 Å². The van der Waals surface area contributed by atoms with Crippen molar-refractivity contribution in [3.63, 3.8) is 0 Å². The van der Waals surface area contributed by atoms with Crippen molar-refractivity contribution in [2.45, 2.75) is 25.7 Å². The number of rotatable bonds is 3. The first-order valence-electron chi connectivity index (χ1n) is 8.00. The summed E-state index contributed by atoms with van der Waals surface area (Å²) >= 11 is 0. The molecular formula is C19H18O5. The van der Waals surface area contributed by atoms with Gasteiger partial charge in [-0.25, -0.2) is 0 Å². The number of ketones is 1. The van der Waals surface area contributed by atoms with Crippen LogP contribution >= 0.6 is 0 Å². The van der Waals surface area contributed by atoms with Gasteiger partial charge in [-0.2, -0.15) is 0 Å². The van der Waals surface area contributed by atoms with E-state index in [2.05, 4.69) is 0 Å². The number of aromatic hydroxyl groups is 1. The van der Waals surface area contributed by atoms with Crippen molar-refractivity contribution in [2.24, 2.45) is 0 Å². The van der Waals surface area contributed by atoms with Gasteiger partial charge in [0.2, 0.25) is 5.78 Å². The number of hydrogen-bond donors (Lipinski definition) is 1. The number of phenolic OH excluding ortho intramolecular Hbond substituents is 1. The van der Waals surface area contributed by atoms with Crippen molar-refractivity contribution < 1.29 is 24.1 Å². The molecule has 1 N–H and O–H groups in total. The highest BCUT2D eigenvalue weighted by molar-refractivity contribution is 6.15. The third-order valence-electron chi connectivity index (χ3n) is 4.26. The molecule has 5 heteroatoms. The molecule has 2 aromatic rings. The van der Waals surface area contributed by atoms with Crippen molar-refractivity contribution >= 4 is 5.78 Å². The van der Waals surface area contributed by atoms with Crippen LogP contribution in [0.5, 0.6) is 11.5 Å². The van der Waals surface area contributed by atoms with Gasteiger partial charge in [0.1, 0.15) is 11.5 Å². The van der Waals surface area contributed by atoms with Gasteiger partial charge in [-0.15, -0.1) is 0 Å². The monoisotopic (exact) mass is 326 g/mol. The van der Waals surface area contributed by atoms with E-state index in [1.54, 1.807) is 6.07 Å². The number of fused-ring (bicyclic) bond motifs is 2. The normalized spacial score (nSPS) is 17.9. The molecule has 0 radical (unpaired) electrons. The summed E-state index contributed by atoms with van der Waals surface area (Å²) in [6.45, 7) is 4.53. The number of benzene rings is 2. The van der Waals surface area contributed by atoms with Gasteiger partial charge in [-0.3, -0.25) is 4.79 Å². The molecule has 0 saturated carbocycles. The Kier molecular flexibility index (Phi) is 3.37. The van der Waals surface area contributed by atoms with E-state index in [1.807, 2.05) is 44.2 Å². The summed E-state index contributed by atoms with van der Waals surface area (Å²) in [5, 5.41) is 10.8. The maximum absolute atomic E-state index is 12.6. The summed E-state index contributed by atoms with van der Waals surface area (Å²) in [6, 6.07) is 11.1. The SMILES string of the molecule is CC(C)Oc1cc2c(c(O)c1-c1ccccc1)C(=O)C21OCCO1. The maximum Gasteiger partial charge on any atom is 0.262 e. The lowest BCUT2D eigenvalue weighted by atomic mass is 9.77. The van der Waals surface area contributed by atoms with Crippen LogP contribution in [-0.2, 0) is 15.3 Å². The fourth-order valence-electron chi connectivity index (χ4n) is 3.29. The van der Waals surface area contributed by atoms with Crippen LogP contribution in [0.4, 0.5) is 0 Å². The highest BCUT2D eigenvalue weighted by Gasteiger charge is 2.59. The van der Waals surface area contributed by atoms with Crippen molar-refractivity contribution in [3.8, 4) is 22.6 Å². The maximum atomic E-state index is 12.6. The van der Waals surface area contributed by atoms with E-state index >= 15 is 0 Å². The molecule has 0 bridgehead atoms. The zero-order valence-corrected chi connectivity index (χ0v) is 13.5. The average molecular weight is 326 g/mol. The zero-order valence-electron chi connectivity index (χ0n) is 13.5. The molecule has 5 nitrogen and oxygen atoms in total. The summed E-state index contributed by atoms with van der Waals surface area (Å²) in [7, 11) is 0. The lowest BCUT2D eigenvalue weighted by Gasteiger charge is -2.37. The van der Waals surface area contributed by atoms with E-state index in [4.69, 9.17) is 14.2 Å². The van der Waals surface area contributed by atoms with Crippen LogP contribution in [0.2, 0.25) is 0 Å². The summed E-state index contributed by atoms with van der Waals surface area (Å²) in [6.07, 6.45) is -0.0814.